The topological polar surface area (TPSA) is 123 Å². The van der Waals surface area contributed by atoms with Gasteiger partial charge in [0.05, 0.1) is 13.3 Å². The van der Waals surface area contributed by atoms with Crippen molar-refractivity contribution in [3.8, 4) is 11.5 Å². The van der Waals surface area contributed by atoms with Gasteiger partial charge in [0, 0.05) is 12.1 Å². The molecule has 0 saturated carbocycles. The van der Waals surface area contributed by atoms with Gasteiger partial charge in [-0.1, -0.05) is 0 Å². The summed E-state index contributed by atoms with van der Waals surface area (Å²) < 4.78 is 11.0. The molecule has 152 valence electrons. The number of nitrogens with one attached hydrogen (secondary N) is 1. The minimum absolute atomic E-state index is 0.0541. The van der Waals surface area contributed by atoms with Crippen molar-refractivity contribution in [2.45, 2.75) is 45.2 Å². The van der Waals surface area contributed by atoms with E-state index in [0.29, 0.717) is 17.1 Å². The lowest BCUT2D eigenvalue weighted by molar-refractivity contribution is -0.139. The Morgan fingerprint density at radius 2 is 1.93 bits per heavy atom. The van der Waals surface area contributed by atoms with Gasteiger partial charge in [0.2, 0.25) is 0 Å². The van der Waals surface area contributed by atoms with Gasteiger partial charge in [0.15, 0.2) is 18.1 Å². The number of hydrazone groups is 1. The van der Waals surface area contributed by atoms with Crippen LogP contribution in [0.2, 0.25) is 0 Å². The molecule has 1 aromatic carbocycles. The van der Waals surface area contributed by atoms with Crippen LogP contribution in [0.3, 0.4) is 0 Å². The summed E-state index contributed by atoms with van der Waals surface area (Å²) in [6, 6.07) is 5.36. The molecule has 0 unspecified atom stereocenters. The zero-order valence-corrected chi connectivity index (χ0v) is 16.3. The van der Waals surface area contributed by atoms with Gasteiger partial charge >= 0.3 is 11.8 Å². The van der Waals surface area contributed by atoms with Crippen molar-refractivity contribution in [2.24, 2.45) is 10.8 Å². The van der Waals surface area contributed by atoms with Crippen molar-refractivity contribution in [3.63, 3.8) is 0 Å². The zero-order chi connectivity index (χ0) is 20.7. The molecule has 1 heterocycles. The third kappa shape index (κ3) is 5.45. The Hall–Kier alpha value is -3.10. The summed E-state index contributed by atoms with van der Waals surface area (Å²) in [5.41, 5.74) is 7.41. The normalized spacial score (nSPS) is 19.3. The second-order valence-corrected chi connectivity index (χ2v) is 6.69. The first-order valence-electron chi connectivity index (χ1n) is 9.08. The predicted molar refractivity (Wildman–Crippen MR) is 103 cm³/mol. The van der Waals surface area contributed by atoms with Gasteiger partial charge in [-0.25, -0.2) is 5.43 Å². The van der Waals surface area contributed by atoms with Crippen molar-refractivity contribution in [3.05, 3.63) is 23.8 Å². The molecular weight excluding hydrogens is 364 g/mol. The van der Waals surface area contributed by atoms with Crippen LogP contribution in [-0.4, -0.2) is 54.6 Å². The zero-order valence-electron chi connectivity index (χ0n) is 16.3. The first-order chi connectivity index (χ1) is 13.3. The van der Waals surface area contributed by atoms with Crippen LogP contribution in [0.5, 0.6) is 11.5 Å². The van der Waals surface area contributed by atoms with Crippen LogP contribution in [0.15, 0.2) is 23.3 Å². The molecule has 9 nitrogen and oxygen atoms in total. The third-order valence-corrected chi connectivity index (χ3v) is 4.62. The van der Waals surface area contributed by atoms with Gasteiger partial charge in [-0.3, -0.25) is 14.4 Å². The molecule has 9 heteroatoms. The van der Waals surface area contributed by atoms with Crippen molar-refractivity contribution in [2.75, 3.05) is 13.7 Å². The van der Waals surface area contributed by atoms with Crippen LogP contribution in [0.1, 0.15) is 38.7 Å². The number of carbonyl (C=O) groups is 3. The lowest BCUT2D eigenvalue weighted by atomic mass is 9.97. The first-order valence-corrected chi connectivity index (χ1v) is 9.08. The lowest BCUT2D eigenvalue weighted by Crippen LogP contribution is -2.49. The molecule has 3 amide bonds. The predicted octanol–water partition coefficient (Wildman–Crippen LogP) is 0.799. The molecule has 1 saturated heterocycles. The highest BCUT2D eigenvalue weighted by molar-refractivity contribution is 6.34. The number of rotatable bonds is 6. The fourth-order valence-electron chi connectivity index (χ4n) is 3.23. The van der Waals surface area contributed by atoms with E-state index < -0.39 is 11.8 Å². The van der Waals surface area contributed by atoms with Gasteiger partial charge in [0.25, 0.3) is 5.91 Å². The summed E-state index contributed by atoms with van der Waals surface area (Å²) in [7, 11) is 1.48. The van der Waals surface area contributed by atoms with E-state index in [1.54, 1.807) is 18.2 Å². The third-order valence-electron chi connectivity index (χ3n) is 4.62. The molecule has 0 aromatic heterocycles. The maximum Gasteiger partial charge on any atom is 0.329 e. The van der Waals surface area contributed by atoms with Crippen LogP contribution in [0.25, 0.3) is 0 Å². The molecule has 1 aromatic rings. The van der Waals surface area contributed by atoms with Crippen LogP contribution >= 0.6 is 0 Å². The molecule has 1 fully saturated rings. The van der Waals surface area contributed by atoms with Gasteiger partial charge in [-0.15, -0.1) is 0 Å². The maximum absolute atomic E-state index is 12.6. The molecule has 1 aliphatic rings. The molecule has 0 aliphatic carbocycles. The molecule has 0 radical (unpaired) electrons. The molecule has 2 rings (SSSR count). The minimum Gasteiger partial charge on any atom is -0.493 e. The van der Waals surface area contributed by atoms with Crippen molar-refractivity contribution >= 4 is 23.9 Å². The quantitative estimate of drug-likeness (QED) is 0.422. The molecule has 3 N–H and O–H groups in total. The van der Waals surface area contributed by atoms with Crippen molar-refractivity contribution in [1.29, 1.82) is 0 Å². The number of hydrogen-bond donors (Lipinski definition) is 2. The number of methoxy groups -OCH3 is 1. The lowest BCUT2D eigenvalue weighted by Gasteiger charge is -2.39. The Kier molecular flexibility index (Phi) is 7.36. The first kappa shape index (κ1) is 21.2. The second kappa shape index (κ2) is 9.72. The molecule has 28 heavy (non-hydrogen) atoms. The summed E-state index contributed by atoms with van der Waals surface area (Å²) in [4.78, 5) is 36.2. The number of nitrogens with zero attached hydrogens (tertiary/aromatic N) is 2. The van der Waals surface area contributed by atoms with Gasteiger partial charge in [0.1, 0.15) is 0 Å². The van der Waals surface area contributed by atoms with Crippen molar-refractivity contribution < 1.29 is 23.9 Å². The smallest absolute Gasteiger partial charge is 0.329 e. The molecule has 0 spiro atoms. The fourth-order valence-corrected chi connectivity index (χ4v) is 3.23. The minimum atomic E-state index is -1.12. The number of nitrogens with two attached hydrogens (primary N) is 1. The van der Waals surface area contributed by atoms with E-state index >= 15 is 0 Å². The van der Waals surface area contributed by atoms with E-state index in [2.05, 4.69) is 18.9 Å². The number of likely N-dealkylation sites (tertiary alicyclic amines) is 1. The number of primary amides is 1. The SMILES string of the molecule is COc1cc(/C=N\NC(=O)C(N)=O)ccc1OCC(=O)N1[C@H](C)CCC[C@H]1C. The average molecular weight is 390 g/mol. The Balaban J connectivity index is 2.00. The summed E-state index contributed by atoms with van der Waals surface area (Å²) >= 11 is 0. The van der Waals surface area contributed by atoms with E-state index in [1.165, 1.54) is 13.3 Å². The Morgan fingerprint density at radius 3 is 2.54 bits per heavy atom. The molecule has 1 aliphatic heterocycles. The Morgan fingerprint density at radius 1 is 1.25 bits per heavy atom. The number of carbonyl (C=O) groups excluding carboxylic acids is 3. The Bertz CT molecular complexity index is 755. The largest absolute Gasteiger partial charge is 0.493 e. The summed E-state index contributed by atoms with van der Waals surface area (Å²) in [5.74, 6) is -1.35. The van der Waals surface area contributed by atoms with Gasteiger partial charge < -0.3 is 20.1 Å². The fraction of sp³-hybridized carbons (Fsp3) is 0.474. The van der Waals surface area contributed by atoms with Gasteiger partial charge in [-0.05, 0) is 56.9 Å². The summed E-state index contributed by atoms with van der Waals surface area (Å²) in [6.45, 7) is 4.03. The summed E-state index contributed by atoms with van der Waals surface area (Å²) in [6.07, 6.45) is 4.46. The maximum atomic E-state index is 12.6. The monoisotopic (exact) mass is 390 g/mol. The van der Waals surface area contributed by atoms with Crippen LogP contribution < -0.4 is 20.6 Å². The highest BCUT2D eigenvalue weighted by atomic mass is 16.5. The number of hydrogen-bond acceptors (Lipinski definition) is 6. The Labute approximate surface area is 163 Å². The van der Waals surface area contributed by atoms with Crippen molar-refractivity contribution in [1.82, 2.24) is 10.3 Å². The highest BCUT2D eigenvalue weighted by Gasteiger charge is 2.29. The standard InChI is InChI=1S/C19H26N4O5/c1-12-5-4-6-13(2)23(12)17(24)11-28-15-8-7-14(9-16(15)27-3)10-21-22-19(26)18(20)25/h7-10,12-13H,4-6,11H2,1-3H3,(H2,20,25)(H,22,26)/b21-10-/t12-,13-/m1/s1. The van der Waals surface area contributed by atoms with E-state index in [-0.39, 0.29) is 24.6 Å². The van der Waals surface area contributed by atoms with Crippen LogP contribution in [-0.2, 0) is 14.4 Å². The number of benzene rings is 1. The second-order valence-electron chi connectivity index (χ2n) is 6.69. The van der Waals surface area contributed by atoms with E-state index in [9.17, 15) is 14.4 Å². The van der Waals surface area contributed by atoms with Gasteiger partial charge in [-0.2, -0.15) is 5.10 Å². The highest BCUT2D eigenvalue weighted by Crippen LogP contribution is 2.28. The number of ether oxygens (including phenoxy) is 2. The molecule has 2 atom stereocenters. The summed E-state index contributed by atoms with van der Waals surface area (Å²) in [5, 5.41) is 3.64. The molecule has 0 bridgehead atoms. The molecular formula is C19H26N4O5. The number of piperidine rings is 1. The van der Waals surface area contributed by atoms with Crippen LogP contribution in [0.4, 0.5) is 0 Å². The van der Waals surface area contributed by atoms with E-state index in [0.717, 1.165) is 19.3 Å². The van der Waals surface area contributed by atoms with Crippen LogP contribution in [0, 0.1) is 0 Å². The van der Waals surface area contributed by atoms with E-state index in [4.69, 9.17) is 15.2 Å². The average Bonchev–Trinajstić information content (AvgIpc) is 2.66. The number of amides is 3. The van der Waals surface area contributed by atoms with E-state index in [1.807, 2.05) is 10.3 Å².